The summed E-state index contributed by atoms with van der Waals surface area (Å²) >= 11 is 0. The smallest absolute Gasteiger partial charge is 0.231 e. The van der Waals surface area contributed by atoms with E-state index in [9.17, 15) is 0 Å². The highest BCUT2D eigenvalue weighted by Crippen LogP contribution is 2.35. The van der Waals surface area contributed by atoms with Crippen LogP contribution < -0.4 is 25.8 Å². The molecule has 0 saturated carbocycles. The van der Waals surface area contributed by atoms with Crippen LogP contribution in [0.4, 0.5) is 5.69 Å². The molecule has 0 bridgehead atoms. The van der Waals surface area contributed by atoms with Crippen molar-refractivity contribution in [3.63, 3.8) is 0 Å². The molecule has 0 saturated heterocycles. The number of benzene rings is 1. The van der Waals surface area contributed by atoms with Gasteiger partial charge in [-0.3, -0.25) is 4.99 Å². The van der Waals surface area contributed by atoms with Crippen LogP contribution in [0.25, 0.3) is 0 Å². The van der Waals surface area contributed by atoms with Crippen molar-refractivity contribution in [3.05, 3.63) is 18.2 Å². The number of rotatable bonds is 1. The number of ether oxygens (including phenoxy) is 2. The van der Waals surface area contributed by atoms with E-state index in [0.29, 0.717) is 11.7 Å². The molecule has 1 aromatic rings. The van der Waals surface area contributed by atoms with Gasteiger partial charge < -0.3 is 25.8 Å². The predicted octanol–water partition coefficient (Wildman–Crippen LogP) is 1.14. The van der Waals surface area contributed by atoms with E-state index in [1.54, 1.807) is 11.9 Å². The predicted molar refractivity (Wildman–Crippen MR) is 81.5 cm³/mol. The molecule has 1 aliphatic rings. The second-order valence-corrected chi connectivity index (χ2v) is 3.66. The Labute approximate surface area is 118 Å². The third-order valence-electron chi connectivity index (χ3n) is 2.47. The number of hydrogen-bond donors (Lipinski definition) is 2. The van der Waals surface area contributed by atoms with Crippen molar-refractivity contribution in [1.82, 2.24) is 0 Å². The normalized spacial score (nSPS) is 12.3. The Bertz CT molecular complexity index is 509. The number of nitrogens with zero attached hydrogens (tertiary/aromatic N) is 3. The van der Waals surface area contributed by atoms with E-state index in [0.717, 1.165) is 11.4 Å². The van der Waals surface area contributed by atoms with Gasteiger partial charge in [0.2, 0.25) is 12.8 Å². The summed E-state index contributed by atoms with van der Waals surface area (Å²) in [5, 5.41) is 0. The van der Waals surface area contributed by atoms with Crippen LogP contribution in [0.1, 0.15) is 13.8 Å². The van der Waals surface area contributed by atoms with Gasteiger partial charge in [-0.2, -0.15) is 4.99 Å². The van der Waals surface area contributed by atoms with Gasteiger partial charge in [-0.15, -0.1) is 0 Å². The minimum atomic E-state index is -0.0387. The van der Waals surface area contributed by atoms with E-state index < -0.39 is 0 Å². The van der Waals surface area contributed by atoms with E-state index in [2.05, 4.69) is 9.98 Å². The third-order valence-corrected chi connectivity index (χ3v) is 2.47. The van der Waals surface area contributed by atoms with Gasteiger partial charge in [-0.25, -0.2) is 0 Å². The van der Waals surface area contributed by atoms with Crippen LogP contribution in [0.3, 0.4) is 0 Å². The molecule has 0 unspecified atom stereocenters. The fourth-order valence-electron chi connectivity index (χ4n) is 1.60. The molecular weight excluding hydrogens is 258 g/mol. The largest absolute Gasteiger partial charge is 0.454 e. The van der Waals surface area contributed by atoms with E-state index in [1.807, 2.05) is 39.1 Å². The number of nitrogens with two attached hydrogens (primary N) is 2. The van der Waals surface area contributed by atoms with Gasteiger partial charge in [0.25, 0.3) is 0 Å². The first kappa shape index (κ1) is 15.6. The molecule has 110 valence electrons. The number of hydrogen-bond acceptors (Lipinski definition) is 3. The molecule has 0 aliphatic carbocycles. The van der Waals surface area contributed by atoms with Crippen LogP contribution in [0.5, 0.6) is 11.5 Å². The Balaban J connectivity index is 0.000000956. The lowest BCUT2D eigenvalue weighted by atomic mass is 10.2. The fourth-order valence-corrected chi connectivity index (χ4v) is 1.60. The zero-order valence-corrected chi connectivity index (χ0v) is 12.3. The fraction of sp³-hybridized carbons (Fsp3) is 0.385. The maximum absolute atomic E-state index is 5.35. The molecule has 0 amide bonds. The van der Waals surface area contributed by atoms with Crippen molar-refractivity contribution in [3.8, 4) is 11.5 Å². The third kappa shape index (κ3) is 3.53. The SMILES string of the molecule is CC.CN=C(N=C(N)N)N(C)c1ccc2c(c1)OCO2. The van der Waals surface area contributed by atoms with Gasteiger partial charge in [-0.05, 0) is 12.1 Å². The van der Waals surface area contributed by atoms with Gasteiger partial charge in [0.15, 0.2) is 17.5 Å². The highest BCUT2D eigenvalue weighted by molar-refractivity contribution is 6.02. The van der Waals surface area contributed by atoms with Gasteiger partial charge >= 0.3 is 0 Å². The first-order valence-corrected chi connectivity index (χ1v) is 6.31. The van der Waals surface area contributed by atoms with Crippen molar-refractivity contribution in [2.75, 3.05) is 25.8 Å². The lowest BCUT2D eigenvalue weighted by Crippen LogP contribution is -2.31. The molecule has 0 fully saturated rings. The van der Waals surface area contributed by atoms with Crippen LogP contribution >= 0.6 is 0 Å². The molecular formula is C13H21N5O2. The Morgan fingerprint density at radius 2 is 1.85 bits per heavy atom. The summed E-state index contributed by atoms with van der Waals surface area (Å²) in [7, 11) is 3.43. The summed E-state index contributed by atoms with van der Waals surface area (Å²) in [6.07, 6.45) is 0. The van der Waals surface area contributed by atoms with E-state index in [1.165, 1.54) is 0 Å². The highest BCUT2D eigenvalue weighted by atomic mass is 16.7. The van der Waals surface area contributed by atoms with Gasteiger partial charge in [-0.1, -0.05) is 13.8 Å². The molecule has 0 atom stereocenters. The average molecular weight is 279 g/mol. The lowest BCUT2D eigenvalue weighted by Gasteiger charge is -2.18. The first-order valence-electron chi connectivity index (χ1n) is 6.31. The van der Waals surface area contributed by atoms with Crippen molar-refractivity contribution in [1.29, 1.82) is 0 Å². The summed E-state index contributed by atoms with van der Waals surface area (Å²) in [5.74, 6) is 1.79. The molecule has 1 heterocycles. The Morgan fingerprint density at radius 3 is 2.45 bits per heavy atom. The van der Waals surface area contributed by atoms with Crippen molar-refractivity contribution < 1.29 is 9.47 Å². The second kappa shape index (κ2) is 7.22. The van der Waals surface area contributed by atoms with Crippen molar-refractivity contribution >= 4 is 17.6 Å². The van der Waals surface area contributed by atoms with Crippen molar-refractivity contribution in [2.24, 2.45) is 21.5 Å². The molecule has 2 rings (SSSR count). The summed E-state index contributed by atoms with van der Waals surface area (Å²) in [6, 6.07) is 5.55. The van der Waals surface area contributed by atoms with E-state index in [-0.39, 0.29) is 12.8 Å². The van der Waals surface area contributed by atoms with Crippen LogP contribution in [0.15, 0.2) is 28.2 Å². The first-order chi connectivity index (χ1) is 9.61. The molecule has 7 heteroatoms. The van der Waals surface area contributed by atoms with Gasteiger partial charge in [0, 0.05) is 25.8 Å². The van der Waals surface area contributed by atoms with E-state index >= 15 is 0 Å². The van der Waals surface area contributed by atoms with Gasteiger partial charge in [0.05, 0.1) is 0 Å². The molecule has 20 heavy (non-hydrogen) atoms. The Hall–Kier alpha value is -2.44. The molecule has 0 aromatic heterocycles. The summed E-state index contributed by atoms with van der Waals surface area (Å²) < 4.78 is 10.6. The molecule has 1 aliphatic heterocycles. The quantitative estimate of drug-likeness (QED) is 0.593. The van der Waals surface area contributed by atoms with Crippen molar-refractivity contribution in [2.45, 2.75) is 13.8 Å². The zero-order valence-electron chi connectivity index (χ0n) is 12.3. The summed E-state index contributed by atoms with van der Waals surface area (Å²) in [5.41, 5.74) is 11.6. The second-order valence-electron chi connectivity index (χ2n) is 3.66. The topological polar surface area (TPSA) is 98.5 Å². The maximum atomic E-state index is 5.35. The lowest BCUT2D eigenvalue weighted by molar-refractivity contribution is 0.174. The molecule has 4 N–H and O–H groups in total. The minimum absolute atomic E-state index is 0.0387. The monoisotopic (exact) mass is 279 g/mol. The van der Waals surface area contributed by atoms with Crippen LogP contribution in [-0.2, 0) is 0 Å². The van der Waals surface area contributed by atoms with E-state index in [4.69, 9.17) is 20.9 Å². The number of fused-ring (bicyclic) bond motifs is 1. The van der Waals surface area contributed by atoms with Gasteiger partial charge in [0.1, 0.15) is 0 Å². The molecule has 7 nitrogen and oxygen atoms in total. The molecule has 0 spiro atoms. The number of aliphatic imine (C=N–C) groups is 2. The summed E-state index contributed by atoms with van der Waals surface area (Å²) in [4.78, 5) is 9.71. The summed E-state index contributed by atoms with van der Waals surface area (Å²) in [6.45, 7) is 4.24. The minimum Gasteiger partial charge on any atom is -0.454 e. The maximum Gasteiger partial charge on any atom is 0.231 e. The standard InChI is InChI=1S/C11H15N5O2.C2H6/c1-14-11(15-10(12)13)16(2)7-3-4-8-9(5-7)18-6-17-8;1-2/h3-5H,6H2,1-2H3,(H4,12,13,14,15);1-2H3. The average Bonchev–Trinajstić information content (AvgIpc) is 2.93. The van der Waals surface area contributed by atoms with Crippen LogP contribution in [-0.4, -0.2) is 32.8 Å². The molecule has 0 radical (unpaired) electrons. The Morgan fingerprint density at radius 1 is 1.20 bits per heavy atom. The van der Waals surface area contributed by atoms with Crippen LogP contribution in [0.2, 0.25) is 0 Å². The number of guanidine groups is 2. The van der Waals surface area contributed by atoms with Crippen LogP contribution in [0, 0.1) is 0 Å². The number of anilines is 1. The zero-order chi connectivity index (χ0) is 15.1. The molecule has 1 aromatic carbocycles. The highest BCUT2D eigenvalue weighted by Gasteiger charge is 2.16. The Kier molecular flexibility index (Phi) is 5.64.